The molecule has 0 radical (unpaired) electrons. The van der Waals surface area contributed by atoms with E-state index >= 15 is 0 Å². The normalized spacial score (nSPS) is 14.6. The third-order valence-corrected chi connectivity index (χ3v) is 3.79. The van der Waals surface area contributed by atoms with Gasteiger partial charge in [-0.1, -0.05) is 18.2 Å². The van der Waals surface area contributed by atoms with Gasteiger partial charge in [0, 0.05) is 29.4 Å². The van der Waals surface area contributed by atoms with Crippen molar-refractivity contribution in [1.82, 2.24) is 9.97 Å². The zero-order valence-corrected chi connectivity index (χ0v) is 11.9. The Morgan fingerprint density at radius 1 is 1.21 bits per heavy atom. The van der Waals surface area contributed by atoms with Gasteiger partial charge in [0.15, 0.2) is 0 Å². The highest BCUT2D eigenvalue weighted by atomic mass is 35.5. The molecule has 0 spiro atoms. The third kappa shape index (κ3) is 1.81. The Hall–Kier alpha value is -1.87. The zero-order chi connectivity index (χ0) is 13.7. The molecule has 1 aliphatic heterocycles. The molecular formula is C15H14ClN3. The van der Waals surface area contributed by atoms with Crippen LogP contribution in [0.3, 0.4) is 0 Å². The highest BCUT2D eigenvalue weighted by molar-refractivity contribution is 6.34. The fourth-order valence-electron chi connectivity index (χ4n) is 2.38. The summed E-state index contributed by atoms with van der Waals surface area (Å²) in [6, 6.07) is 4.08. The quantitative estimate of drug-likeness (QED) is 0.679. The number of aryl methyl sites for hydroxylation is 1. The monoisotopic (exact) mass is 271 g/mol. The number of likely N-dealkylation sites (N-methyl/N-ethyl adjacent to an activating group) is 1. The molecule has 1 aliphatic rings. The predicted octanol–water partition coefficient (Wildman–Crippen LogP) is 3.96. The number of rotatable bonds is 0. The average Bonchev–Trinajstić information content (AvgIpc) is 2.34. The van der Waals surface area contributed by atoms with Gasteiger partial charge in [0.05, 0.1) is 5.52 Å². The van der Waals surface area contributed by atoms with E-state index in [9.17, 15) is 0 Å². The van der Waals surface area contributed by atoms with Crippen LogP contribution in [-0.2, 0) is 0 Å². The molecule has 1 aromatic carbocycles. The topological polar surface area (TPSA) is 29.0 Å². The van der Waals surface area contributed by atoms with Crippen LogP contribution in [0.25, 0.3) is 17.0 Å². The summed E-state index contributed by atoms with van der Waals surface area (Å²) < 4.78 is 0. The maximum absolute atomic E-state index is 6.21. The van der Waals surface area contributed by atoms with Crippen molar-refractivity contribution in [2.45, 2.75) is 13.8 Å². The van der Waals surface area contributed by atoms with Crippen molar-refractivity contribution >= 4 is 34.3 Å². The van der Waals surface area contributed by atoms with E-state index < -0.39 is 0 Å². The lowest BCUT2D eigenvalue weighted by Gasteiger charge is -2.29. The fourth-order valence-corrected chi connectivity index (χ4v) is 2.66. The minimum Gasteiger partial charge on any atom is -0.344 e. The number of halogens is 1. The Morgan fingerprint density at radius 3 is 2.68 bits per heavy atom. The second kappa shape index (κ2) is 4.07. The summed E-state index contributed by atoms with van der Waals surface area (Å²) in [4.78, 5) is 10.7. The lowest BCUT2D eigenvalue weighted by atomic mass is 10.00. The van der Waals surface area contributed by atoms with Gasteiger partial charge in [-0.25, -0.2) is 9.97 Å². The first-order valence-electron chi connectivity index (χ1n) is 6.06. The van der Waals surface area contributed by atoms with Crippen molar-refractivity contribution in [2.75, 3.05) is 11.9 Å². The van der Waals surface area contributed by atoms with Gasteiger partial charge in [-0.05, 0) is 37.6 Å². The van der Waals surface area contributed by atoms with Crippen LogP contribution < -0.4 is 4.90 Å². The van der Waals surface area contributed by atoms with Crippen molar-refractivity contribution in [3.05, 3.63) is 46.5 Å². The van der Waals surface area contributed by atoms with Crippen LogP contribution in [-0.4, -0.2) is 17.0 Å². The minimum atomic E-state index is 0.496. The molecule has 2 heterocycles. The van der Waals surface area contributed by atoms with Crippen LogP contribution in [0.15, 0.2) is 30.0 Å². The van der Waals surface area contributed by atoms with Crippen molar-refractivity contribution in [2.24, 2.45) is 0 Å². The molecule has 3 nitrogen and oxygen atoms in total. The Labute approximate surface area is 117 Å². The number of aromatic nitrogens is 2. The van der Waals surface area contributed by atoms with Gasteiger partial charge < -0.3 is 4.90 Å². The standard InChI is InChI=1S/C15H14ClN3/c1-8-5-11-6-13-12(15(16)18-10(3)17-13)7-14(11)19(4)9(8)2/h5-7H,2H2,1,3-4H3. The molecule has 0 bridgehead atoms. The molecule has 1 aromatic heterocycles. The van der Waals surface area contributed by atoms with Crippen LogP contribution in [0.2, 0.25) is 5.15 Å². The first-order valence-corrected chi connectivity index (χ1v) is 6.44. The summed E-state index contributed by atoms with van der Waals surface area (Å²) in [5.74, 6) is 0.687. The average molecular weight is 272 g/mol. The van der Waals surface area contributed by atoms with Gasteiger partial charge in [0.1, 0.15) is 11.0 Å². The molecule has 0 unspecified atom stereocenters. The highest BCUT2D eigenvalue weighted by Crippen LogP contribution is 2.36. The molecular weight excluding hydrogens is 258 g/mol. The summed E-state index contributed by atoms with van der Waals surface area (Å²) in [6.45, 7) is 7.99. The molecule has 3 rings (SSSR count). The maximum atomic E-state index is 6.21. The van der Waals surface area contributed by atoms with E-state index in [0.717, 1.165) is 33.4 Å². The number of hydrogen-bond donors (Lipinski definition) is 0. The number of hydrogen-bond acceptors (Lipinski definition) is 3. The predicted molar refractivity (Wildman–Crippen MR) is 80.5 cm³/mol. The molecule has 0 fully saturated rings. The van der Waals surface area contributed by atoms with Crippen LogP contribution in [0.1, 0.15) is 18.3 Å². The van der Waals surface area contributed by atoms with E-state index in [-0.39, 0.29) is 0 Å². The van der Waals surface area contributed by atoms with Gasteiger partial charge in [0.25, 0.3) is 0 Å². The van der Waals surface area contributed by atoms with Gasteiger partial charge >= 0.3 is 0 Å². The molecule has 0 atom stereocenters. The molecule has 2 aromatic rings. The summed E-state index contributed by atoms with van der Waals surface area (Å²) in [5.41, 5.74) is 5.25. The number of benzene rings is 1. The van der Waals surface area contributed by atoms with E-state index in [1.807, 2.05) is 20.0 Å². The molecule has 0 saturated carbocycles. The highest BCUT2D eigenvalue weighted by Gasteiger charge is 2.18. The molecule has 4 heteroatoms. The molecule has 0 amide bonds. The molecule has 0 aliphatic carbocycles. The SMILES string of the molecule is C=C1C(C)=Cc2cc3nc(C)nc(Cl)c3cc2N1C. The Balaban J connectivity index is 2.36. The van der Waals surface area contributed by atoms with Crippen LogP contribution in [0.4, 0.5) is 5.69 Å². The first kappa shape index (κ1) is 12.2. The molecule has 0 N–H and O–H groups in total. The molecule has 96 valence electrons. The fraction of sp³-hybridized carbons (Fsp3) is 0.200. The first-order chi connectivity index (χ1) is 8.97. The van der Waals surface area contributed by atoms with Gasteiger partial charge in [-0.15, -0.1) is 0 Å². The molecule has 19 heavy (non-hydrogen) atoms. The Morgan fingerprint density at radius 2 is 1.95 bits per heavy atom. The van der Waals surface area contributed by atoms with Crippen LogP contribution in [0.5, 0.6) is 0 Å². The maximum Gasteiger partial charge on any atom is 0.140 e. The van der Waals surface area contributed by atoms with E-state index in [4.69, 9.17) is 11.6 Å². The largest absolute Gasteiger partial charge is 0.344 e. The van der Waals surface area contributed by atoms with Crippen molar-refractivity contribution in [3.63, 3.8) is 0 Å². The van der Waals surface area contributed by atoms with Gasteiger partial charge in [-0.3, -0.25) is 0 Å². The summed E-state index contributed by atoms with van der Waals surface area (Å²) in [6.07, 6.45) is 2.13. The molecule has 0 saturated heterocycles. The van der Waals surface area contributed by atoms with E-state index in [1.54, 1.807) is 0 Å². The van der Waals surface area contributed by atoms with Crippen molar-refractivity contribution < 1.29 is 0 Å². The summed E-state index contributed by atoms with van der Waals surface area (Å²) in [7, 11) is 2.01. The summed E-state index contributed by atoms with van der Waals surface area (Å²) >= 11 is 6.21. The van der Waals surface area contributed by atoms with E-state index in [2.05, 4.69) is 40.5 Å². The minimum absolute atomic E-state index is 0.496. The number of fused-ring (bicyclic) bond motifs is 2. The second-order valence-corrected chi connectivity index (χ2v) is 5.18. The second-order valence-electron chi connectivity index (χ2n) is 4.82. The van der Waals surface area contributed by atoms with Crippen molar-refractivity contribution in [3.8, 4) is 0 Å². The third-order valence-electron chi connectivity index (χ3n) is 3.50. The Kier molecular flexibility index (Phi) is 2.61. The zero-order valence-electron chi connectivity index (χ0n) is 11.2. The number of anilines is 1. The van der Waals surface area contributed by atoms with Gasteiger partial charge in [0.2, 0.25) is 0 Å². The Bertz CT molecular complexity index is 747. The van der Waals surface area contributed by atoms with Crippen molar-refractivity contribution in [1.29, 1.82) is 0 Å². The number of nitrogens with zero attached hydrogens (tertiary/aromatic N) is 3. The van der Waals surface area contributed by atoms with Crippen LogP contribution >= 0.6 is 11.6 Å². The lowest BCUT2D eigenvalue weighted by molar-refractivity contribution is 1.08. The number of allylic oxidation sites excluding steroid dienone is 1. The smallest absolute Gasteiger partial charge is 0.140 e. The summed E-state index contributed by atoms with van der Waals surface area (Å²) in [5, 5.41) is 1.37. The van der Waals surface area contributed by atoms with Crippen LogP contribution in [0, 0.1) is 6.92 Å². The lowest BCUT2D eigenvalue weighted by Crippen LogP contribution is -2.20. The van der Waals surface area contributed by atoms with Gasteiger partial charge in [-0.2, -0.15) is 0 Å². The van der Waals surface area contributed by atoms with E-state index in [0.29, 0.717) is 11.0 Å². The van der Waals surface area contributed by atoms with E-state index in [1.165, 1.54) is 0 Å².